The number of nitrogens with zero attached hydrogens (tertiary/aromatic N) is 2. The Balaban J connectivity index is 2.38. The van der Waals surface area contributed by atoms with Crippen LogP contribution in [0.2, 0.25) is 0 Å². The van der Waals surface area contributed by atoms with E-state index in [1.54, 1.807) is 6.07 Å². The third kappa shape index (κ3) is 3.41. The lowest BCUT2D eigenvalue weighted by molar-refractivity contribution is -0.183. The summed E-state index contributed by atoms with van der Waals surface area (Å²) in [6.45, 7) is 0.0944. The van der Waals surface area contributed by atoms with Crippen LogP contribution in [-0.2, 0) is 0 Å². The van der Waals surface area contributed by atoms with Gasteiger partial charge in [-0.2, -0.15) is 13.2 Å². The Morgan fingerprint density at radius 1 is 1.48 bits per heavy atom. The summed E-state index contributed by atoms with van der Waals surface area (Å²) in [6.07, 6.45) is -1.99. The number of ether oxygens (including phenoxy) is 1. The number of alkyl halides is 3. The molecule has 1 aromatic heterocycles. The minimum atomic E-state index is -4.42. The van der Waals surface area contributed by atoms with Gasteiger partial charge in [-0.15, -0.1) is 0 Å². The second-order valence-electron chi connectivity index (χ2n) is 4.73. The van der Waals surface area contributed by atoms with E-state index in [9.17, 15) is 18.0 Å². The highest BCUT2D eigenvalue weighted by Gasteiger charge is 2.47. The van der Waals surface area contributed by atoms with Gasteiger partial charge >= 0.3 is 6.18 Å². The lowest BCUT2D eigenvalue weighted by atomic mass is 10.0. The van der Waals surface area contributed by atoms with Crippen molar-refractivity contribution in [2.75, 3.05) is 13.7 Å². The van der Waals surface area contributed by atoms with Crippen molar-refractivity contribution in [3.05, 3.63) is 21.4 Å². The van der Waals surface area contributed by atoms with Crippen LogP contribution in [0.1, 0.15) is 29.6 Å². The maximum Gasteiger partial charge on any atom is 0.408 e. The van der Waals surface area contributed by atoms with Crippen molar-refractivity contribution in [3.63, 3.8) is 0 Å². The van der Waals surface area contributed by atoms with E-state index in [0.29, 0.717) is 16.4 Å². The molecule has 0 spiro atoms. The lowest BCUT2D eigenvalue weighted by Gasteiger charge is -2.37. The summed E-state index contributed by atoms with van der Waals surface area (Å²) >= 11 is 1.90. The number of carbonyl (C=O) groups excluding carboxylic acids is 1. The summed E-state index contributed by atoms with van der Waals surface area (Å²) in [4.78, 5) is 17.4. The Hall–Kier alpha value is -1.06. The SMILES string of the molecule is COc1nccc(I)c1C(=O)N1CCCCC1C(F)(F)F. The van der Waals surface area contributed by atoms with E-state index in [4.69, 9.17) is 4.74 Å². The molecule has 0 N–H and O–H groups in total. The first kappa shape index (κ1) is 16.3. The maximum atomic E-state index is 13.1. The van der Waals surface area contributed by atoms with Crippen molar-refractivity contribution in [2.24, 2.45) is 0 Å². The summed E-state index contributed by atoms with van der Waals surface area (Å²) in [5.74, 6) is -0.621. The Morgan fingerprint density at radius 2 is 2.19 bits per heavy atom. The molecule has 0 aliphatic carbocycles. The lowest BCUT2D eigenvalue weighted by Crippen LogP contribution is -2.51. The molecular weight excluding hydrogens is 400 g/mol. The van der Waals surface area contributed by atoms with E-state index in [-0.39, 0.29) is 24.4 Å². The zero-order chi connectivity index (χ0) is 15.6. The molecule has 0 radical (unpaired) electrons. The molecule has 1 amide bonds. The van der Waals surface area contributed by atoms with Gasteiger partial charge in [0.05, 0.1) is 7.11 Å². The van der Waals surface area contributed by atoms with E-state index in [1.165, 1.54) is 13.3 Å². The van der Waals surface area contributed by atoms with Crippen molar-refractivity contribution in [2.45, 2.75) is 31.5 Å². The van der Waals surface area contributed by atoms with Gasteiger partial charge in [-0.05, 0) is 47.9 Å². The summed E-state index contributed by atoms with van der Waals surface area (Å²) in [6, 6.07) is -0.164. The maximum absolute atomic E-state index is 13.1. The molecule has 2 heterocycles. The predicted molar refractivity (Wildman–Crippen MR) is 78.2 cm³/mol. The molecule has 1 aliphatic rings. The molecule has 2 rings (SSSR count). The summed E-state index contributed by atoms with van der Waals surface area (Å²) in [5, 5.41) is 0. The first-order chi connectivity index (χ1) is 9.86. The van der Waals surface area contributed by atoms with Crippen LogP contribution < -0.4 is 4.74 Å². The fourth-order valence-electron chi connectivity index (χ4n) is 2.43. The highest BCUT2D eigenvalue weighted by Crippen LogP contribution is 2.34. The largest absolute Gasteiger partial charge is 0.480 e. The number of aromatic nitrogens is 1. The Bertz CT molecular complexity index is 537. The average molecular weight is 414 g/mol. The van der Waals surface area contributed by atoms with Crippen molar-refractivity contribution in [1.29, 1.82) is 0 Å². The minimum absolute atomic E-state index is 0.0541. The van der Waals surface area contributed by atoms with Crippen LogP contribution >= 0.6 is 22.6 Å². The molecule has 4 nitrogen and oxygen atoms in total. The number of likely N-dealkylation sites (tertiary alicyclic amines) is 1. The molecule has 1 fully saturated rings. The molecule has 1 unspecified atom stereocenters. The number of halogens is 4. The Labute approximate surface area is 133 Å². The molecule has 1 aliphatic heterocycles. The van der Waals surface area contributed by atoms with Crippen LogP contribution in [0.25, 0.3) is 0 Å². The average Bonchev–Trinajstić information content (AvgIpc) is 2.45. The van der Waals surface area contributed by atoms with Gasteiger partial charge in [0.2, 0.25) is 5.88 Å². The molecule has 0 bridgehead atoms. The number of rotatable bonds is 2. The van der Waals surface area contributed by atoms with Gasteiger partial charge < -0.3 is 9.64 Å². The van der Waals surface area contributed by atoms with E-state index in [2.05, 4.69) is 4.98 Å². The first-order valence-electron chi connectivity index (χ1n) is 6.42. The Morgan fingerprint density at radius 3 is 2.81 bits per heavy atom. The normalized spacial score (nSPS) is 19.5. The van der Waals surface area contributed by atoms with E-state index in [0.717, 1.165) is 4.90 Å². The molecule has 1 atom stereocenters. The van der Waals surface area contributed by atoms with Gasteiger partial charge in [0.25, 0.3) is 5.91 Å². The number of hydrogen-bond donors (Lipinski definition) is 0. The highest BCUT2D eigenvalue weighted by molar-refractivity contribution is 14.1. The van der Waals surface area contributed by atoms with Crippen molar-refractivity contribution < 1.29 is 22.7 Å². The van der Waals surface area contributed by atoms with E-state index >= 15 is 0 Å². The van der Waals surface area contributed by atoms with Crippen molar-refractivity contribution >= 4 is 28.5 Å². The molecule has 0 saturated carbocycles. The standard InChI is InChI=1S/C13H14F3IN2O2/c1-21-11-10(8(17)5-6-18-11)12(20)19-7-3-2-4-9(19)13(14,15)16/h5-6,9H,2-4,7H2,1H3. The zero-order valence-electron chi connectivity index (χ0n) is 11.3. The smallest absolute Gasteiger partial charge is 0.408 e. The van der Waals surface area contributed by atoms with Crippen LogP contribution in [-0.4, -0.2) is 41.7 Å². The predicted octanol–water partition coefficient (Wildman–Crippen LogP) is 3.25. The van der Waals surface area contributed by atoms with Crippen LogP contribution in [0.3, 0.4) is 0 Å². The molecule has 116 valence electrons. The van der Waals surface area contributed by atoms with Gasteiger partial charge in [0.15, 0.2) is 0 Å². The molecule has 21 heavy (non-hydrogen) atoms. The molecule has 0 aromatic carbocycles. The van der Waals surface area contributed by atoms with Crippen LogP contribution in [0.5, 0.6) is 5.88 Å². The number of pyridine rings is 1. The van der Waals surface area contributed by atoms with Crippen LogP contribution in [0.15, 0.2) is 12.3 Å². The van der Waals surface area contributed by atoms with Crippen LogP contribution in [0.4, 0.5) is 13.2 Å². The minimum Gasteiger partial charge on any atom is -0.480 e. The monoisotopic (exact) mass is 414 g/mol. The topological polar surface area (TPSA) is 42.4 Å². The number of methoxy groups -OCH3 is 1. The van der Waals surface area contributed by atoms with Gasteiger partial charge in [0.1, 0.15) is 11.6 Å². The molecule has 8 heteroatoms. The second kappa shape index (κ2) is 6.37. The number of hydrogen-bond acceptors (Lipinski definition) is 3. The van der Waals surface area contributed by atoms with E-state index in [1.807, 2.05) is 22.6 Å². The first-order valence-corrected chi connectivity index (χ1v) is 7.50. The second-order valence-corrected chi connectivity index (χ2v) is 5.89. The van der Waals surface area contributed by atoms with E-state index < -0.39 is 18.1 Å². The number of amides is 1. The van der Waals surface area contributed by atoms with Gasteiger partial charge in [-0.1, -0.05) is 0 Å². The quantitative estimate of drug-likeness (QED) is 0.698. The third-order valence-electron chi connectivity index (χ3n) is 3.41. The molecule has 1 saturated heterocycles. The summed E-state index contributed by atoms with van der Waals surface area (Å²) < 4.78 is 44.9. The summed E-state index contributed by atoms with van der Waals surface area (Å²) in [7, 11) is 1.34. The third-order valence-corrected chi connectivity index (χ3v) is 4.31. The van der Waals surface area contributed by atoms with Gasteiger partial charge in [0, 0.05) is 16.3 Å². The van der Waals surface area contributed by atoms with Crippen molar-refractivity contribution in [3.8, 4) is 5.88 Å². The zero-order valence-corrected chi connectivity index (χ0v) is 13.4. The molecular formula is C13H14F3IN2O2. The van der Waals surface area contributed by atoms with Crippen molar-refractivity contribution in [1.82, 2.24) is 9.88 Å². The molecule has 1 aromatic rings. The van der Waals surface area contributed by atoms with Gasteiger partial charge in [-0.25, -0.2) is 4.98 Å². The number of carbonyl (C=O) groups is 1. The Kier molecular flexibility index (Phi) is 4.95. The fraction of sp³-hybridized carbons (Fsp3) is 0.538. The fourth-order valence-corrected chi connectivity index (χ4v) is 3.05. The van der Waals surface area contributed by atoms with Gasteiger partial charge in [-0.3, -0.25) is 4.79 Å². The highest BCUT2D eigenvalue weighted by atomic mass is 127. The van der Waals surface area contributed by atoms with Crippen LogP contribution in [0, 0.1) is 3.57 Å². The number of piperidine rings is 1. The summed E-state index contributed by atoms with van der Waals surface area (Å²) in [5.41, 5.74) is 0.0942.